The fourth-order valence-electron chi connectivity index (χ4n) is 2.90. The molecule has 11 heteroatoms. The van der Waals surface area contributed by atoms with Crippen LogP contribution in [0.5, 0.6) is 5.75 Å². The number of nitrogens with two attached hydrogens (primary N) is 1. The highest BCUT2D eigenvalue weighted by Gasteiger charge is 2.31. The summed E-state index contributed by atoms with van der Waals surface area (Å²) in [7, 11) is 0. The largest absolute Gasteiger partial charge is 0.508 e. The Hall–Kier alpha value is -3.18. The number of aliphatic hydroxyl groups is 1. The van der Waals surface area contributed by atoms with E-state index in [4.69, 9.17) is 5.73 Å². The van der Waals surface area contributed by atoms with Crippen LogP contribution in [0.2, 0.25) is 0 Å². The predicted octanol–water partition coefficient (Wildman–Crippen LogP) is -0.752. The van der Waals surface area contributed by atoms with Crippen molar-refractivity contribution in [1.82, 2.24) is 16.0 Å². The molecule has 0 heterocycles. The quantitative estimate of drug-likeness (QED) is 0.209. The van der Waals surface area contributed by atoms with Gasteiger partial charge in [0.05, 0.1) is 12.1 Å². The number of benzene rings is 1. The SMILES string of the molecule is CCC(C)C(N)C(=O)NC(C)C(=O)NC(Cc1ccc(O)cc1)C(=O)NC(C(=O)O)C(C)O. The van der Waals surface area contributed by atoms with Crippen LogP contribution in [0.1, 0.15) is 39.7 Å². The summed E-state index contributed by atoms with van der Waals surface area (Å²) in [5, 5.41) is 35.6. The molecule has 1 rings (SSSR count). The molecule has 6 unspecified atom stereocenters. The van der Waals surface area contributed by atoms with E-state index in [9.17, 15) is 34.5 Å². The van der Waals surface area contributed by atoms with Gasteiger partial charge in [0.15, 0.2) is 6.04 Å². The molecule has 0 aromatic heterocycles. The van der Waals surface area contributed by atoms with E-state index < -0.39 is 54.0 Å². The lowest BCUT2D eigenvalue weighted by molar-refractivity contribution is -0.145. The van der Waals surface area contributed by atoms with E-state index in [1.807, 2.05) is 13.8 Å². The molecule has 0 spiro atoms. The zero-order valence-corrected chi connectivity index (χ0v) is 19.2. The summed E-state index contributed by atoms with van der Waals surface area (Å²) in [5.41, 5.74) is 6.46. The van der Waals surface area contributed by atoms with Crippen LogP contribution in [0, 0.1) is 5.92 Å². The third kappa shape index (κ3) is 8.70. The first-order valence-corrected chi connectivity index (χ1v) is 10.7. The van der Waals surface area contributed by atoms with E-state index in [-0.39, 0.29) is 18.1 Å². The number of aromatic hydroxyl groups is 1. The van der Waals surface area contributed by atoms with Crippen molar-refractivity contribution in [3.8, 4) is 5.75 Å². The van der Waals surface area contributed by atoms with E-state index in [0.717, 1.165) is 0 Å². The summed E-state index contributed by atoms with van der Waals surface area (Å²) < 4.78 is 0. The Labute approximate surface area is 192 Å². The molecule has 8 N–H and O–H groups in total. The minimum absolute atomic E-state index is 0.0119. The van der Waals surface area contributed by atoms with E-state index in [1.54, 1.807) is 12.1 Å². The van der Waals surface area contributed by atoms with Crippen LogP contribution in [0.15, 0.2) is 24.3 Å². The van der Waals surface area contributed by atoms with Crippen LogP contribution >= 0.6 is 0 Å². The first kappa shape index (κ1) is 27.9. The molecule has 0 radical (unpaired) electrons. The van der Waals surface area contributed by atoms with Crippen LogP contribution in [0.25, 0.3) is 0 Å². The number of carboxylic acid groups (broad SMARTS) is 1. The van der Waals surface area contributed by atoms with Crippen LogP contribution in [-0.4, -0.2) is 69.3 Å². The number of aliphatic hydroxyl groups excluding tert-OH is 1. The second kappa shape index (κ2) is 12.8. The van der Waals surface area contributed by atoms with Gasteiger partial charge in [-0.25, -0.2) is 4.79 Å². The van der Waals surface area contributed by atoms with Crippen molar-refractivity contribution in [2.45, 2.75) is 70.8 Å². The Morgan fingerprint density at radius 2 is 1.52 bits per heavy atom. The third-order valence-electron chi connectivity index (χ3n) is 5.37. The Morgan fingerprint density at radius 1 is 0.939 bits per heavy atom. The number of carbonyl (C=O) groups is 4. The summed E-state index contributed by atoms with van der Waals surface area (Å²) in [6.07, 6.45) is -0.730. The molecular weight excluding hydrogens is 432 g/mol. The van der Waals surface area contributed by atoms with Crippen molar-refractivity contribution in [3.05, 3.63) is 29.8 Å². The molecule has 11 nitrogen and oxygen atoms in total. The molecule has 0 aliphatic rings. The van der Waals surface area contributed by atoms with Crippen molar-refractivity contribution in [1.29, 1.82) is 0 Å². The van der Waals surface area contributed by atoms with Gasteiger partial charge < -0.3 is 37.0 Å². The molecule has 0 aliphatic heterocycles. The summed E-state index contributed by atoms with van der Waals surface area (Å²) in [6, 6.07) is 1.27. The van der Waals surface area contributed by atoms with Gasteiger partial charge in [-0.2, -0.15) is 0 Å². The fraction of sp³-hybridized carbons (Fsp3) is 0.545. The van der Waals surface area contributed by atoms with Crippen molar-refractivity contribution >= 4 is 23.7 Å². The molecule has 1 aromatic carbocycles. The number of amides is 3. The van der Waals surface area contributed by atoms with Crippen LogP contribution in [-0.2, 0) is 25.6 Å². The number of nitrogens with one attached hydrogen (secondary N) is 3. The number of carbonyl (C=O) groups excluding carboxylic acids is 3. The molecule has 3 amide bonds. The summed E-state index contributed by atoms with van der Waals surface area (Å²) >= 11 is 0. The lowest BCUT2D eigenvalue weighted by Gasteiger charge is -2.25. The second-order valence-corrected chi connectivity index (χ2v) is 8.14. The van der Waals surface area contributed by atoms with E-state index >= 15 is 0 Å². The van der Waals surface area contributed by atoms with E-state index in [2.05, 4.69) is 16.0 Å². The lowest BCUT2D eigenvalue weighted by atomic mass is 9.99. The van der Waals surface area contributed by atoms with Crippen molar-refractivity contribution in [3.63, 3.8) is 0 Å². The van der Waals surface area contributed by atoms with Gasteiger partial charge in [-0.05, 0) is 37.5 Å². The number of phenols is 1. The van der Waals surface area contributed by atoms with Gasteiger partial charge in [0.1, 0.15) is 17.8 Å². The van der Waals surface area contributed by atoms with Crippen LogP contribution < -0.4 is 21.7 Å². The molecule has 33 heavy (non-hydrogen) atoms. The summed E-state index contributed by atoms with van der Waals surface area (Å²) in [5.74, 6) is -3.54. The molecular formula is C22H34N4O7. The second-order valence-electron chi connectivity index (χ2n) is 8.14. The molecule has 6 atom stereocenters. The molecule has 0 bridgehead atoms. The standard InChI is InChI=1S/C22H34N4O7/c1-5-11(2)17(23)21(31)24-12(3)19(29)25-16(10-14-6-8-15(28)9-7-14)20(30)26-18(13(4)27)22(32)33/h6-9,11-13,16-18,27-28H,5,10,23H2,1-4H3,(H,24,31)(H,25,29)(H,26,30)(H,32,33). The third-order valence-corrected chi connectivity index (χ3v) is 5.37. The van der Waals surface area contributed by atoms with E-state index in [0.29, 0.717) is 12.0 Å². The average Bonchev–Trinajstić information content (AvgIpc) is 2.76. The minimum Gasteiger partial charge on any atom is -0.508 e. The summed E-state index contributed by atoms with van der Waals surface area (Å²) in [6.45, 7) is 6.35. The monoisotopic (exact) mass is 466 g/mol. The van der Waals surface area contributed by atoms with Crippen LogP contribution in [0.3, 0.4) is 0 Å². The first-order chi connectivity index (χ1) is 15.4. The molecule has 0 aliphatic carbocycles. The fourth-order valence-corrected chi connectivity index (χ4v) is 2.90. The number of hydrogen-bond donors (Lipinski definition) is 7. The molecule has 0 fully saturated rings. The predicted molar refractivity (Wildman–Crippen MR) is 120 cm³/mol. The highest BCUT2D eigenvalue weighted by molar-refractivity contribution is 5.94. The number of carboxylic acids is 1. The maximum atomic E-state index is 12.8. The topological polar surface area (TPSA) is 191 Å². The van der Waals surface area contributed by atoms with Gasteiger partial charge in [-0.15, -0.1) is 0 Å². The van der Waals surface area contributed by atoms with E-state index in [1.165, 1.54) is 26.0 Å². The number of hydrogen-bond acceptors (Lipinski definition) is 7. The molecule has 0 saturated heterocycles. The molecule has 184 valence electrons. The van der Waals surface area contributed by atoms with Gasteiger partial charge in [0, 0.05) is 6.42 Å². The van der Waals surface area contributed by atoms with Gasteiger partial charge >= 0.3 is 5.97 Å². The maximum absolute atomic E-state index is 12.8. The zero-order chi connectivity index (χ0) is 25.3. The average molecular weight is 467 g/mol. The minimum atomic E-state index is -1.58. The van der Waals surface area contributed by atoms with Gasteiger partial charge in [0.2, 0.25) is 17.7 Å². The lowest BCUT2D eigenvalue weighted by Crippen LogP contribution is -2.58. The Balaban J connectivity index is 2.99. The Kier molecular flexibility index (Phi) is 10.8. The summed E-state index contributed by atoms with van der Waals surface area (Å²) in [4.78, 5) is 49.1. The van der Waals surface area contributed by atoms with Gasteiger partial charge in [0.25, 0.3) is 0 Å². The van der Waals surface area contributed by atoms with Crippen LogP contribution in [0.4, 0.5) is 0 Å². The number of phenolic OH excluding ortho intramolecular Hbond substituents is 1. The van der Waals surface area contributed by atoms with Gasteiger partial charge in [-0.1, -0.05) is 32.4 Å². The zero-order valence-electron chi connectivity index (χ0n) is 19.2. The highest BCUT2D eigenvalue weighted by atomic mass is 16.4. The normalized spacial score (nSPS) is 16.4. The Bertz CT molecular complexity index is 829. The van der Waals surface area contributed by atoms with Crippen molar-refractivity contribution < 1.29 is 34.5 Å². The van der Waals surface area contributed by atoms with Crippen molar-refractivity contribution in [2.75, 3.05) is 0 Å². The smallest absolute Gasteiger partial charge is 0.328 e. The highest BCUT2D eigenvalue weighted by Crippen LogP contribution is 2.12. The maximum Gasteiger partial charge on any atom is 0.328 e. The van der Waals surface area contributed by atoms with Gasteiger partial charge in [-0.3, -0.25) is 14.4 Å². The molecule has 1 aromatic rings. The number of rotatable bonds is 12. The first-order valence-electron chi connectivity index (χ1n) is 10.7. The Morgan fingerprint density at radius 3 is 2.00 bits per heavy atom. The van der Waals surface area contributed by atoms with Crippen molar-refractivity contribution in [2.24, 2.45) is 11.7 Å². The number of aliphatic carboxylic acids is 1. The molecule has 0 saturated carbocycles.